The molecule has 0 spiro atoms. The van der Waals surface area contributed by atoms with E-state index in [0.29, 0.717) is 13.1 Å². The van der Waals surface area contributed by atoms with Crippen LogP contribution in [0.3, 0.4) is 0 Å². The van der Waals surface area contributed by atoms with Gasteiger partial charge >= 0.3 is 10.2 Å². The summed E-state index contributed by atoms with van der Waals surface area (Å²) in [7, 11) is 0.183. The molecule has 1 aliphatic rings. The molecular weight excluding hydrogens is 283 g/mol. The predicted molar refractivity (Wildman–Crippen MR) is 87.6 cm³/mol. The molecule has 21 heavy (non-hydrogen) atoms. The van der Waals surface area contributed by atoms with E-state index in [2.05, 4.69) is 0 Å². The maximum Gasteiger partial charge on any atom is 0.304 e. The van der Waals surface area contributed by atoms with Crippen LogP contribution >= 0.6 is 0 Å². The Bertz CT molecular complexity index is 762. The average Bonchev–Trinajstić information content (AvgIpc) is 2.47. The highest BCUT2D eigenvalue weighted by Crippen LogP contribution is 2.31. The summed E-state index contributed by atoms with van der Waals surface area (Å²) >= 11 is 0. The second kappa shape index (κ2) is 5.20. The summed E-state index contributed by atoms with van der Waals surface area (Å²) < 4.78 is 28.2. The summed E-state index contributed by atoms with van der Waals surface area (Å²) in [5.74, 6) is 0. The van der Waals surface area contributed by atoms with Gasteiger partial charge in [-0.15, -0.1) is 0 Å². The molecule has 0 amide bonds. The fourth-order valence-electron chi connectivity index (χ4n) is 2.64. The van der Waals surface area contributed by atoms with Gasteiger partial charge < -0.3 is 0 Å². The minimum Gasteiger partial charge on any atom is -0.253 e. The van der Waals surface area contributed by atoms with Crippen LogP contribution in [0.15, 0.2) is 48.5 Å². The van der Waals surface area contributed by atoms with Crippen molar-refractivity contribution in [2.24, 2.45) is 0 Å². The van der Waals surface area contributed by atoms with Gasteiger partial charge in [-0.1, -0.05) is 47.9 Å². The first-order valence-corrected chi connectivity index (χ1v) is 8.26. The van der Waals surface area contributed by atoms with Crippen LogP contribution in [0.2, 0.25) is 0 Å². The van der Waals surface area contributed by atoms with Gasteiger partial charge in [0.25, 0.3) is 0 Å². The van der Waals surface area contributed by atoms with Crippen LogP contribution in [-0.2, 0) is 23.3 Å². The molecule has 0 atom stereocenters. The molecule has 0 aliphatic carbocycles. The van der Waals surface area contributed by atoms with Gasteiger partial charge in [-0.05, 0) is 17.2 Å². The molecule has 108 valence electrons. The molecule has 6 heteroatoms. The molecule has 2 aromatic carbocycles. The lowest BCUT2D eigenvalue weighted by atomic mass is 9.89. The summed E-state index contributed by atoms with van der Waals surface area (Å²) in [6, 6.07) is 15.5. The predicted octanol–water partition coefficient (Wildman–Crippen LogP) is 0.642. The van der Waals surface area contributed by atoms with Crippen molar-refractivity contribution in [1.29, 1.82) is 0 Å². The molecule has 0 bridgehead atoms. The number of benzene rings is 2. The highest BCUT2D eigenvalue weighted by Gasteiger charge is 2.34. The molecule has 0 unspecified atom stereocenters. The molecular formula is C15H17BN2O2S. The third kappa shape index (κ3) is 2.45. The molecule has 2 aromatic rings. The zero-order valence-corrected chi connectivity index (χ0v) is 13.0. The molecule has 1 heterocycles. The van der Waals surface area contributed by atoms with Crippen molar-refractivity contribution in [3.05, 3.63) is 59.7 Å². The second-order valence-corrected chi connectivity index (χ2v) is 7.29. The second-order valence-electron chi connectivity index (χ2n) is 5.33. The quantitative estimate of drug-likeness (QED) is 0.764. The largest absolute Gasteiger partial charge is 0.304 e. The lowest BCUT2D eigenvalue weighted by Crippen LogP contribution is -2.46. The van der Waals surface area contributed by atoms with Crippen molar-refractivity contribution >= 4 is 29.2 Å². The highest BCUT2D eigenvalue weighted by atomic mass is 32.2. The van der Waals surface area contributed by atoms with E-state index in [1.54, 1.807) is 7.05 Å². The van der Waals surface area contributed by atoms with Crippen LogP contribution in [0.25, 0.3) is 0 Å². The molecule has 0 saturated carbocycles. The first-order valence-electron chi connectivity index (χ1n) is 6.86. The van der Waals surface area contributed by atoms with E-state index in [1.165, 1.54) is 8.61 Å². The van der Waals surface area contributed by atoms with Crippen molar-refractivity contribution < 1.29 is 8.42 Å². The monoisotopic (exact) mass is 300 g/mol. The van der Waals surface area contributed by atoms with Crippen LogP contribution in [0.1, 0.15) is 11.1 Å². The summed E-state index contributed by atoms with van der Waals surface area (Å²) in [4.78, 5) is 0. The zero-order valence-electron chi connectivity index (χ0n) is 12.2. The van der Waals surface area contributed by atoms with Crippen LogP contribution in [0.4, 0.5) is 5.69 Å². The third-order valence-electron chi connectivity index (χ3n) is 3.88. The lowest BCUT2D eigenvalue weighted by molar-refractivity contribution is 0.454. The maximum absolute atomic E-state index is 12.6. The summed E-state index contributed by atoms with van der Waals surface area (Å²) in [5, 5.41) is 0. The number of anilines is 1. The zero-order chi connectivity index (χ0) is 15.0. The SMILES string of the molecule is Bc1cccc2c1CN(C)S(=O)(=O)N2Cc1ccccc1. The van der Waals surface area contributed by atoms with E-state index in [1.807, 2.05) is 56.4 Å². The third-order valence-corrected chi connectivity index (χ3v) is 5.68. The number of nitrogens with zero attached hydrogens (tertiary/aromatic N) is 2. The number of hydrogen-bond acceptors (Lipinski definition) is 2. The first-order chi connectivity index (χ1) is 10.00. The van der Waals surface area contributed by atoms with Gasteiger partial charge in [-0.3, -0.25) is 4.31 Å². The molecule has 0 aromatic heterocycles. The van der Waals surface area contributed by atoms with E-state index >= 15 is 0 Å². The Kier molecular flexibility index (Phi) is 3.51. The summed E-state index contributed by atoms with van der Waals surface area (Å²) in [6.07, 6.45) is 0. The van der Waals surface area contributed by atoms with E-state index < -0.39 is 10.2 Å². The van der Waals surface area contributed by atoms with Crippen LogP contribution in [0.5, 0.6) is 0 Å². The maximum atomic E-state index is 12.6. The molecule has 0 N–H and O–H groups in total. The fourth-order valence-corrected chi connectivity index (χ4v) is 4.00. The molecule has 0 fully saturated rings. The Hall–Kier alpha value is -1.79. The summed E-state index contributed by atoms with van der Waals surface area (Å²) in [6.45, 7) is 0.777. The van der Waals surface area contributed by atoms with Crippen molar-refractivity contribution in [2.45, 2.75) is 13.1 Å². The van der Waals surface area contributed by atoms with Gasteiger partial charge in [0.15, 0.2) is 0 Å². The highest BCUT2D eigenvalue weighted by molar-refractivity contribution is 7.90. The van der Waals surface area contributed by atoms with Gasteiger partial charge in [0.05, 0.1) is 12.2 Å². The molecule has 0 saturated heterocycles. The Labute approximate surface area is 126 Å². The van der Waals surface area contributed by atoms with Gasteiger partial charge in [0, 0.05) is 13.6 Å². The number of hydrogen-bond donors (Lipinski definition) is 0. The number of rotatable bonds is 2. The van der Waals surface area contributed by atoms with Gasteiger partial charge in [0.2, 0.25) is 0 Å². The first kappa shape index (κ1) is 14.2. The van der Waals surface area contributed by atoms with E-state index in [4.69, 9.17) is 0 Å². The lowest BCUT2D eigenvalue weighted by Gasteiger charge is -2.36. The Morgan fingerprint density at radius 3 is 2.52 bits per heavy atom. The van der Waals surface area contributed by atoms with Gasteiger partial charge in [0.1, 0.15) is 7.85 Å². The molecule has 3 rings (SSSR count). The smallest absolute Gasteiger partial charge is 0.253 e. The molecule has 4 nitrogen and oxygen atoms in total. The Morgan fingerprint density at radius 1 is 1.10 bits per heavy atom. The van der Waals surface area contributed by atoms with E-state index in [9.17, 15) is 8.42 Å². The standard InChI is InChI=1S/C15H17BN2O2S/c1-17-11-13-14(16)8-5-9-15(13)18(21(17,19)20)10-12-6-3-2-4-7-12/h2-9H,10-11,16H2,1H3. The van der Waals surface area contributed by atoms with Crippen LogP contribution in [-0.4, -0.2) is 27.6 Å². The van der Waals surface area contributed by atoms with Crippen molar-refractivity contribution in [3.63, 3.8) is 0 Å². The molecule has 1 aliphatic heterocycles. The van der Waals surface area contributed by atoms with Crippen LogP contribution in [0, 0.1) is 0 Å². The molecule has 0 radical (unpaired) electrons. The van der Waals surface area contributed by atoms with Gasteiger partial charge in [-0.2, -0.15) is 12.7 Å². The Balaban J connectivity index is 2.10. The van der Waals surface area contributed by atoms with Crippen molar-refractivity contribution in [2.75, 3.05) is 11.4 Å². The van der Waals surface area contributed by atoms with Crippen molar-refractivity contribution in [1.82, 2.24) is 4.31 Å². The number of fused-ring (bicyclic) bond motifs is 1. The van der Waals surface area contributed by atoms with Gasteiger partial charge in [-0.25, -0.2) is 0 Å². The average molecular weight is 300 g/mol. The van der Waals surface area contributed by atoms with E-state index in [-0.39, 0.29) is 0 Å². The topological polar surface area (TPSA) is 40.6 Å². The minimum atomic E-state index is -3.46. The summed E-state index contributed by atoms with van der Waals surface area (Å²) in [5.41, 5.74) is 3.96. The minimum absolute atomic E-state index is 0.351. The van der Waals surface area contributed by atoms with E-state index in [0.717, 1.165) is 22.3 Å². The Morgan fingerprint density at radius 2 is 1.81 bits per heavy atom. The van der Waals surface area contributed by atoms with Crippen LogP contribution < -0.4 is 9.77 Å². The normalized spacial score (nSPS) is 17.5. The fraction of sp³-hybridized carbons (Fsp3) is 0.200. The van der Waals surface area contributed by atoms with Crippen molar-refractivity contribution in [3.8, 4) is 0 Å².